The van der Waals surface area contributed by atoms with Crippen molar-refractivity contribution in [3.05, 3.63) is 95.3 Å². The minimum Gasteiger partial charge on any atom is -0.288 e. The van der Waals surface area contributed by atoms with Gasteiger partial charge in [0.2, 0.25) is 5.78 Å². The number of aryl methyl sites for hydroxylation is 2. The fourth-order valence-corrected chi connectivity index (χ4v) is 2.73. The van der Waals surface area contributed by atoms with Gasteiger partial charge in [-0.15, -0.1) is 0 Å². The molecule has 3 aromatic rings. The van der Waals surface area contributed by atoms with Crippen LogP contribution in [0.1, 0.15) is 27.2 Å². The zero-order valence-corrected chi connectivity index (χ0v) is 13.9. The number of hydrogen-bond donors (Lipinski definition) is 0. The predicted octanol–water partition coefficient (Wildman–Crippen LogP) is 5.26. The molecule has 0 aliphatic heterocycles. The van der Waals surface area contributed by atoms with Crippen molar-refractivity contribution >= 4 is 11.9 Å². The molecule has 0 N–H and O–H groups in total. The van der Waals surface area contributed by atoms with Gasteiger partial charge in [0.15, 0.2) is 0 Å². The molecule has 118 valence electrons. The van der Waals surface area contributed by atoms with E-state index in [0.717, 1.165) is 11.1 Å². The first kappa shape index (κ1) is 15.9. The molecule has 0 fully saturated rings. The third-order valence-corrected chi connectivity index (χ3v) is 3.79. The smallest absolute Gasteiger partial charge is 0.204 e. The van der Waals surface area contributed by atoms with Crippen LogP contribution < -0.4 is 0 Å². The van der Waals surface area contributed by atoms with Crippen LogP contribution in [0.2, 0.25) is 0 Å². The van der Waals surface area contributed by atoms with Gasteiger partial charge >= 0.3 is 0 Å². The van der Waals surface area contributed by atoms with Gasteiger partial charge in [-0.2, -0.15) is 0 Å². The normalized spacial score (nSPS) is 10.9. The molecule has 0 aliphatic rings. The van der Waals surface area contributed by atoms with Crippen molar-refractivity contribution in [2.75, 3.05) is 0 Å². The van der Waals surface area contributed by atoms with Crippen molar-refractivity contribution in [2.24, 2.45) is 0 Å². The molecule has 3 rings (SSSR count). The fourth-order valence-electron chi connectivity index (χ4n) is 2.73. The predicted molar refractivity (Wildman–Crippen MR) is 99.0 cm³/mol. The Labute approximate surface area is 142 Å². The first-order valence-corrected chi connectivity index (χ1v) is 7.94. The molecule has 0 radical (unpaired) electrons. The highest BCUT2D eigenvalue weighted by atomic mass is 16.1. The van der Waals surface area contributed by atoms with E-state index in [1.807, 2.05) is 24.3 Å². The summed E-state index contributed by atoms with van der Waals surface area (Å²) in [5, 5.41) is 0. The molecule has 0 spiro atoms. The average molecular weight is 313 g/mol. The molecule has 2 aromatic carbocycles. The summed E-state index contributed by atoms with van der Waals surface area (Å²) >= 11 is 0. The molecule has 0 amide bonds. The van der Waals surface area contributed by atoms with Crippen LogP contribution in [0.15, 0.2) is 72.9 Å². The molecule has 0 atom stereocenters. The van der Waals surface area contributed by atoms with Crippen molar-refractivity contribution in [3.8, 4) is 11.1 Å². The SMILES string of the molecule is Cc1cc(C)cc(-c2cccc(C=CC(=O)c3ccccn3)c2)c1. The monoisotopic (exact) mass is 313 g/mol. The third kappa shape index (κ3) is 3.85. The van der Waals surface area contributed by atoms with Crippen molar-refractivity contribution in [2.45, 2.75) is 13.8 Å². The van der Waals surface area contributed by atoms with Gasteiger partial charge in [0.05, 0.1) is 0 Å². The van der Waals surface area contributed by atoms with Gasteiger partial charge < -0.3 is 0 Å². The Hall–Kier alpha value is -3.00. The van der Waals surface area contributed by atoms with Gasteiger partial charge in [0, 0.05) is 6.20 Å². The number of aromatic nitrogens is 1. The summed E-state index contributed by atoms with van der Waals surface area (Å²) in [5.74, 6) is -0.0904. The van der Waals surface area contributed by atoms with E-state index >= 15 is 0 Å². The van der Waals surface area contributed by atoms with Crippen LogP contribution in [0.4, 0.5) is 0 Å². The maximum atomic E-state index is 12.1. The zero-order chi connectivity index (χ0) is 16.9. The Balaban J connectivity index is 1.85. The van der Waals surface area contributed by atoms with Crippen molar-refractivity contribution < 1.29 is 4.79 Å². The Morgan fingerprint density at radius 2 is 1.67 bits per heavy atom. The molecule has 1 aromatic heterocycles. The second kappa shape index (κ2) is 7.05. The van der Waals surface area contributed by atoms with Gasteiger partial charge in [-0.3, -0.25) is 9.78 Å². The average Bonchev–Trinajstić information content (AvgIpc) is 2.60. The molecule has 2 heteroatoms. The summed E-state index contributed by atoms with van der Waals surface area (Å²) in [7, 11) is 0. The highest BCUT2D eigenvalue weighted by Crippen LogP contribution is 2.23. The van der Waals surface area contributed by atoms with Crippen LogP contribution in [-0.2, 0) is 0 Å². The molecule has 0 unspecified atom stereocenters. The van der Waals surface area contributed by atoms with E-state index in [2.05, 4.69) is 49.2 Å². The van der Waals surface area contributed by atoms with Crippen molar-refractivity contribution in [1.82, 2.24) is 4.98 Å². The van der Waals surface area contributed by atoms with Crippen LogP contribution in [-0.4, -0.2) is 10.8 Å². The summed E-state index contributed by atoms with van der Waals surface area (Å²) < 4.78 is 0. The largest absolute Gasteiger partial charge is 0.288 e. The highest BCUT2D eigenvalue weighted by molar-refractivity contribution is 6.05. The summed E-state index contributed by atoms with van der Waals surface area (Å²) in [6, 6.07) is 20.0. The molecule has 0 bridgehead atoms. The number of allylic oxidation sites excluding steroid dienone is 1. The summed E-state index contributed by atoms with van der Waals surface area (Å²) in [6.45, 7) is 4.21. The van der Waals surface area contributed by atoms with Crippen molar-refractivity contribution in [1.29, 1.82) is 0 Å². The summed E-state index contributed by atoms with van der Waals surface area (Å²) in [5.41, 5.74) is 6.29. The van der Waals surface area contributed by atoms with E-state index in [0.29, 0.717) is 5.69 Å². The quantitative estimate of drug-likeness (QED) is 0.485. The number of pyridine rings is 1. The number of benzene rings is 2. The Morgan fingerprint density at radius 3 is 2.38 bits per heavy atom. The van der Waals surface area contributed by atoms with Crippen molar-refractivity contribution in [3.63, 3.8) is 0 Å². The first-order valence-electron chi connectivity index (χ1n) is 7.94. The Bertz CT molecular complexity index is 875. The lowest BCUT2D eigenvalue weighted by molar-refractivity contribution is 0.104. The van der Waals surface area contributed by atoms with Crippen LogP contribution in [0.3, 0.4) is 0 Å². The second-order valence-electron chi connectivity index (χ2n) is 5.91. The second-order valence-corrected chi connectivity index (χ2v) is 5.91. The zero-order valence-electron chi connectivity index (χ0n) is 13.9. The van der Waals surface area contributed by atoms with E-state index < -0.39 is 0 Å². The molecule has 0 saturated carbocycles. The van der Waals surface area contributed by atoms with Crippen LogP contribution in [0.25, 0.3) is 17.2 Å². The molecular formula is C22H19NO. The van der Waals surface area contributed by atoms with Crippen LogP contribution >= 0.6 is 0 Å². The number of carbonyl (C=O) groups is 1. The topological polar surface area (TPSA) is 30.0 Å². The molecule has 0 aliphatic carbocycles. The van der Waals surface area contributed by atoms with Gasteiger partial charge in [-0.05, 0) is 54.8 Å². The third-order valence-electron chi connectivity index (χ3n) is 3.79. The number of hydrogen-bond acceptors (Lipinski definition) is 2. The van der Waals surface area contributed by atoms with Gasteiger partial charge in [0.25, 0.3) is 0 Å². The molecule has 2 nitrogen and oxygen atoms in total. The summed E-state index contributed by atoms with van der Waals surface area (Å²) in [6.07, 6.45) is 5.04. The van der Waals surface area contributed by atoms with Crippen LogP contribution in [0, 0.1) is 13.8 Å². The van der Waals surface area contributed by atoms with Gasteiger partial charge in [-0.1, -0.05) is 59.7 Å². The Morgan fingerprint density at radius 1 is 0.875 bits per heavy atom. The lowest BCUT2D eigenvalue weighted by atomic mass is 9.99. The van der Waals surface area contributed by atoms with E-state index in [-0.39, 0.29) is 5.78 Å². The van der Waals surface area contributed by atoms with E-state index in [1.54, 1.807) is 24.4 Å². The molecule has 0 saturated heterocycles. The van der Waals surface area contributed by atoms with Gasteiger partial charge in [0.1, 0.15) is 5.69 Å². The minimum absolute atomic E-state index is 0.0904. The maximum Gasteiger partial charge on any atom is 0.204 e. The molecule has 1 heterocycles. The minimum atomic E-state index is -0.0904. The number of ketones is 1. The van der Waals surface area contributed by atoms with Crippen LogP contribution in [0.5, 0.6) is 0 Å². The number of carbonyl (C=O) groups excluding carboxylic acids is 1. The van der Waals surface area contributed by atoms with E-state index in [4.69, 9.17) is 0 Å². The van der Waals surface area contributed by atoms with Gasteiger partial charge in [-0.25, -0.2) is 0 Å². The Kier molecular flexibility index (Phi) is 4.66. The van der Waals surface area contributed by atoms with E-state index in [9.17, 15) is 4.79 Å². The number of nitrogens with zero attached hydrogens (tertiary/aromatic N) is 1. The lowest BCUT2D eigenvalue weighted by Crippen LogP contribution is -1.96. The van der Waals surface area contributed by atoms with E-state index in [1.165, 1.54) is 16.7 Å². The molecule has 24 heavy (non-hydrogen) atoms. The maximum absolute atomic E-state index is 12.1. The molecular weight excluding hydrogens is 294 g/mol. The fraction of sp³-hybridized carbons (Fsp3) is 0.0909. The standard InChI is InChI=1S/C22H19NO/c1-16-12-17(2)14-20(13-16)19-7-5-6-18(15-19)9-10-22(24)21-8-3-4-11-23-21/h3-15H,1-2H3. The summed E-state index contributed by atoms with van der Waals surface area (Å²) in [4.78, 5) is 16.2. The first-order chi connectivity index (χ1) is 11.6. The lowest BCUT2D eigenvalue weighted by Gasteiger charge is -2.06. The number of rotatable bonds is 4. The highest BCUT2D eigenvalue weighted by Gasteiger charge is 2.03.